The molecule has 0 unspecified atom stereocenters. The minimum atomic E-state index is -0.314. The van der Waals surface area contributed by atoms with Crippen LogP contribution in [-0.2, 0) is 19.9 Å². The van der Waals surface area contributed by atoms with Crippen LogP contribution in [0.15, 0.2) is 66.7 Å². The van der Waals surface area contributed by atoms with E-state index in [2.05, 4.69) is 27.3 Å². The molecule has 7 heteroatoms. The summed E-state index contributed by atoms with van der Waals surface area (Å²) in [6.45, 7) is 0.200. The summed E-state index contributed by atoms with van der Waals surface area (Å²) in [5, 5.41) is 5.71. The van der Waals surface area contributed by atoms with Crippen molar-refractivity contribution < 1.29 is 14.3 Å². The van der Waals surface area contributed by atoms with Crippen LogP contribution in [0, 0.1) is 0 Å². The Hall–Kier alpha value is -4.00. The fraction of sp³-hybridized carbons (Fsp3) is 0.167. The van der Waals surface area contributed by atoms with E-state index in [1.54, 1.807) is 18.2 Å². The Bertz CT molecular complexity index is 1260. The largest absolute Gasteiger partial charge is 0.454 e. The van der Waals surface area contributed by atoms with Crippen LogP contribution in [0.1, 0.15) is 11.4 Å². The molecule has 2 N–H and O–H groups in total. The van der Waals surface area contributed by atoms with Gasteiger partial charge in [-0.3, -0.25) is 0 Å². The Morgan fingerprint density at radius 1 is 0.935 bits per heavy atom. The van der Waals surface area contributed by atoms with E-state index in [1.807, 2.05) is 43.4 Å². The van der Waals surface area contributed by atoms with Gasteiger partial charge in [-0.05, 0) is 48.4 Å². The molecule has 1 aromatic heterocycles. The predicted octanol–water partition coefficient (Wildman–Crippen LogP) is 4.73. The number of anilines is 2. The van der Waals surface area contributed by atoms with Gasteiger partial charge in [-0.15, -0.1) is 0 Å². The molecule has 1 aliphatic heterocycles. The van der Waals surface area contributed by atoms with Crippen LogP contribution in [0.4, 0.5) is 16.2 Å². The topological polar surface area (TPSA) is 77.4 Å². The Morgan fingerprint density at radius 3 is 2.61 bits per heavy atom. The lowest BCUT2D eigenvalue weighted by molar-refractivity contribution is 0.174. The second-order valence-corrected chi connectivity index (χ2v) is 7.42. The number of carbonyl (C=O) groups excluding carboxylic acids is 1. The maximum absolute atomic E-state index is 12.4. The zero-order valence-corrected chi connectivity index (χ0v) is 17.1. The maximum Gasteiger partial charge on any atom is 0.323 e. The number of nitrogens with zero attached hydrogens (tertiary/aromatic N) is 2. The van der Waals surface area contributed by atoms with Crippen LogP contribution < -0.4 is 20.1 Å². The van der Waals surface area contributed by atoms with Crippen LogP contribution in [0.25, 0.3) is 11.0 Å². The molecule has 0 atom stereocenters. The molecule has 1 aliphatic rings. The predicted molar refractivity (Wildman–Crippen MR) is 120 cm³/mol. The van der Waals surface area contributed by atoms with Gasteiger partial charge < -0.3 is 24.7 Å². The molecule has 2 amide bonds. The lowest BCUT2D eigenvalue weighted by Gasteiger charge is -2.10. The van der Waals surface area contributed by atoms with Crippen molar-refractivity contribution in [2.75, 3.05) is 17.4 Å². The number of fused-ring (bicyclic) bond motifs is 2. The third kappa shape index (κ3) is 4.02. The minimum absolute atomic E-state index is 0.200. The first-order chi connectivity index (χ1) is 15.2. The van der Waals surface area contributed by atoms with E-state index in [9.17, 15) is 4.79 Å². The normalized spacial score (nSPS) is 12.2. The number of para-hydroxylation sites is 2. The molecule has 0 aliphatic carbocycles. The van der Waals surface area contributed by atoms with Gasteiger partial charge in [-0.25, -0.2) is 9.78 Å². The number of carbonyl (C=O) groups is 1. The molecule has 3 aromatic carbocycles. The summed E-state index contributed by atoms with van der Waals surface area (Å²) in [7, 11) is 2.04. The number of rotatable bonds is 5. The molecule has 7 nitrogen and oxygen atoms in total. The number of ether oxygens (including phenoxy) is 2. The molecule has 0 radical (unpaired) electrons. The number of aromatic nitrogens is 2. The third-order valence-electron chi connectivity index (χ3n) is 5.33. The number of amides is 2. The summed E-state index contributed by atoms with van der Waals surface area (Å²) in [4.78, 5) is 17.1. The SMILES string of the molecule is Cn1c(CCc2cccc(NC(=O)Nc3ccc4c(c3)OCO4)c2)nc2ccccc21. The van der Waals surface area contributed by atoms with Crippen LogP contribution in [0.2, 0.25) is 0 Å². The van der Waals surface area contributed by atoms with Crippen molar-refractivity contribution in [3.05, 3.63) is 78.1 Å². The van der Waals surface area contributed by atoms with Crippen molar-refractivity contribution >= 4 is 28.4 Å². The molecule has 31 heavy (non-hydrogen) atoms. The standard InChI is InChI=1S/C24H22N4O3/c1-28-20-8-3-2-7-19(20)27-23(28)12-9-16-5-4-6-17(13-16)25-24(29)26-18-10-11-21-22(14-18)31-15-30-21/h2-8,10-11,13-14H,9,12,15H2,1H3,(H2,25,26,29). The van der Waals surface area contributed by atoms with Gasteiger partial charge in [-0.2, -0.15) is 0 Å². The lowest BCUT2D eigenvalue weighted by Crippen LogP contribution is -2.19. The maximum atomic E-state index is 12.4. The fourth-order valence-electron chi connectivity index (χ4n) is 3.75. The van der Waals surface area contributed by atoms with Crippen molar-refractivity contribution in [2.45, 2.75) is 12.8 Å². The van der Waals surface area contributed by atoms with E-state index in [0.717, 1.165) is 41.0 Å². The van der Waals surface area contributed by atoms with Crippen molar-refractivity contribution in [1.82, 2.24) is 9.55 Å². The van der Waals surface area contributed by atoms with E-state index >= 15 is 0 Å². The summed E-state index contributed by atoms with van der Waals surface area (Å²) < 4.78 is 12.8. The van der Waals surface area contributed by atoms with E-state index in [4.69, 9.17) is 14.5 Å². The number of imidazole rings is 1. The molecule has 2 heterocycles. The van der Waals surface area contributed by atoms with E-state index in [0.29, 0.717) is 17.2 Å². The van der Waals surface area contributed by atoms with Crippen LogP contribution >= 0.6 is 0 Å². The Kier molecular flexibility index (Phi) is 4.92. The number of urea groups is 1. The zero-order valence-electron chi connectivity index (χ0n) is 17.1. The van der Waals surface area contributed by atoms with Gasteiger partial charge >= 0.3 is 6.03 Å². The van der Waals surface area contributed by atoms with Crippen molar-refractivity contribution in [1.29, 1.82) is 0 Å². The summed E-state index contributed by atoms with van der Waals surface area (Å²) in [6, 6.07) is 21.0. The highest BCUT2D eigenvalue weighted by atomic mass is 16.7. The molecular formula is C24H22N4O3. The molecule has 0 saturated heterocycles. The van der Waals surface area contributed by atoms with Crippen LogP contribution in [0.5, 0.6) is 11.5 Å². The number of aryl methyl sites for hydroxylation is 3. The van der Waals surface area contributed by atoms with Crippen molar-refractivity contribution in [3.8, 4) is 11.5 Å². The van der Waals surface area contributed by atoms with E-state index < -0.39 is 0 Å². The smallest absolute Gasteiger partial charge is 0.323 e. The molecule has 0 saturated carbocycles. The number of nitrogens with one attached hydrogen (secondary N) is 2. The van der Waals surface area contributed by atoms with Gasteiger partial charge in [0.1, 0.15) is 5.82 Å². The average Bonchev–Trinajstić information content (AvgIpc) is 3.36. The summed E-state index contributed by atoms with van der Waals surface area (Å²) in [5.41, 5.74) is 4.65. The summed E-state index contributed by atoms with van der Waals surface area (Å²) in [5.74, 6) is 2.35. The van der Waals surface area contributed by atoms with Crippen molar-refractivity contribution in [3.63, 3.8) is 0 Å². The van der Waals surface area contributed by atoms with Crippen LogP contribution in [0.3, 0.4) is 0 Å². The second-order valence-electron chi connectivity index (χ2n) is 7.42. The first-order valence-corrected chi connectivity index (χ1v) is 10.1. The summed E-state index contributed by atoms with van der Waals surface area (Å²) >= 11 is 0. The third-order valence-corrected chi connectivity index (χ3v) is 5.33. The fourth-order valence-corrected chi connectivity index (χ4v) is 3.75. The van der Waals surface area contributed by atoms with Gasteiger partial charge in [-0.1, -0.05) is 24.3 Å². The van der Waals surface area contributed by atoms with Crippen molar-refractivity contribution in [2.24, 2.45) is 7.05 Å². The van der Waals surface area contributed by atoms with Crippen LogP contribution in [-0.4, -0.2) is 22.4 Å². The molecule has 0 bridgehead atoms. The summed E-state index contributed by atoms with van der Waals surface area (Å²) in [6.07, 6.45) is 1.65. The average molecular weight is 414 g/mol. The van der Waals surface area contributed by atoms with Gasteiger partial charge in [0.2, 0.25) is 6.79 Å². The van der Waals surface area contributed by atoms with E-state index in [-0.39, 0.29) is 12.8 Å². The first-order valence-electron chi connectivity index (χ1n) is 10.1. The molecular weight excluding hydrogens is 392 g/mol. The number of benzene rings is 3. The minimum Gasteiger partial charge on any atom is -0.454 e. The first kappa shape index (κ1) is 19.0. The molecule has 5 rings (SSSR count). The molecule has 0 fully saturated rings. The van der Waals surface area contributed by atoms with E-state index in [1.165, 1.54) is 0 Å². The monoisotopic (exact) mass is 414 g/mol. The van der Waals surface area contributed by atoms with Gasteiger partial charge in [0, 0.05) is 30.9 Å². The highest BCUT2D eigenvalue weighted by molar-refractivity contribution is 6.00. The second kappa shape index (κ2) is 8.02. The van der Waals surface area contributed by atoms with Gasteiger partial charge in [0.25, 0.3) is 0 Å². The van der Waals surface area contributed by atoms with Gasteiger partial charge in [0.05, 0.1) is 11.0 Å². The number of hydrogen-bond acceptors (Lipinski definition) is 4. The quantitative estimate of drug-likeness (QED) is 0.495. The Morgan fingerprint density at radius 2 is 1.74 bits per heavy atom. The molecule has 0 spiro atoms. The van der Waals surface area contributed by atoms with Gasteiger partial charge in [0.15, 0.2) is 11.5 Å². The highest BCUT2D eigenvalue weighted by Gasteiger charge is 2.14. The highest BCUT2D eigenvalue weighted by Crippen LogP contribution is 2.34. The Balaban J connectivity index is 1.22. The molecule has 156 valence electrons. The lowest BCUT2D eigenvalue weighted by atomic mass is 10.1. The Labute approximate surface area is 179 Å². The molecule has 4 aromatic rings. The zero-order chi connectivity index (χ0) is 21.2. The number of hydrogen-bond donors (Lipinski definition) is 2.